The maximum absolute atomic E-state index is 11.5. The van der Waals surface area contributed by atoms with Crippen LogP contribution in [0.2, 0.25) is 0 Å². The van der Waals surface area contributed by atoms with Crippen molar-refractivity contribution in [2.24, 2.45) is 0 Å². The summed E-state index contributed by atoms with van der Waals surface area (Å²) in [5, 5.41) is 7.39. The molecule has 84 valence electrons. The first kappa shape index (κ1) is 12.2. The topological polar surface area (TPSA) is 87.0 Å². The van der Waals surface area contributed by atoms with E-state index in [0.717, 1.165) is 0 Å². The highest BCUT2D eigenvalue weighted by molar-refractivity contribution is 7.93. The normalized spacial score (nSPS) is 12.5. The van der Waals surface area contributed by atoms with Crippen LogP contribution in [0, 0.1) is 11.3 Å². The number of nitrogens with zero attached hydrogens (tertiary/aromatic N) is 1. The minimum Gasteiger partial charge on any atom is -0.298 e. The van der Waals surface area contributed by atoms with Crippen LogP contribution in [0.5, 0.6) is 0 Å². The highest BCUT2D eigenvalue weighted by Crippen LogP contribution is 2.12. The van der Waals surface area contributed by atoms with Crippen molar-refractivity contribution in [1.29, 1.82) is 5.26 Å². The number of hydrogen-bond acceptors (Lipinski definition) is 4. The van der Waals surface area contributed by atoms with Gasteiger partial charge in [-0.05, 0) is 31.2 Å². The molecular weight excluding hydrogens is 228 g/mol. The monoisotopic (exact) mass is 238 g/mol. The molecule has 0 aliphatic carbocycles. The zero-order chi connectivity index (χ0) is 12.2. The lowest BCUT2D eigenvalue weighted by atomic mass is 10.2. The predicted octanol–water partition coefficient (Wildman–Crippen LogP) is 1.15. The van der Waals surface area contributed by atoms with Crippen molar-refractivity contribution in [1.82, 2.24) is 0 Å². The van der Waals surface area contributed by atoms with Gasteiger partial charge in [-0.3, -0.25) is 9.52 Å². The second-order valence-corrected chi connectivity index (χ2v) is 5.16. The third-order valence-corrected chi connectivity index (χ3v) is 3.51. The summed E-state index contributed by atoms with van der Waals surface area (Å²) >= 11 is 0. The largest absolute Gasteiger partial charge is 0.298 e. The molecule has 1 aromatic rings. The van der Waals surface area contributed by atoms with Crippen molar-refractivity contribution < 1.29 is 13.2 Å². The third kappa shape index (κ3) is 2.81. The van der Waals surface area contributed by atoms with Crippen LogP contribution in [0.4, 0.5) is 5.69 Å². The van der Waals surface area contributed by atoms with Gasteiger partial charge in [-0.1, -0.05) is 0 Å². The van der Waals surface area contributed by atoms with Crippen molar-refractivity contribution in [3.05, 3.63) is 29.8 Å². The Morgan fingerprint density at radius 3 is 2.38 bits per heavy atom. The number of aldehydes is 1. The highest BCUT2D eigenvalue weighted by atomic mass is 32.2. The Morgan fingerprint density at radius 1 is 1.38 bits per heavy atom. The van der Waals surface area contributed by atoms with Crippen LogP contribution in [-0.4, -0.2) is 20.0 Å². The van der Waals surface area contributed by atoms with Crippen molar-refractivity contribution in [3.63, 3.8) is 0 Å². The van der Waals surface area contributed by atoms with Crippen LogP contribution >= 0.6 is 0 Å². The van der Waals surface area contributed by atoms with Crippen LogP contribution in [0.3, 0.4) is 0 Å². The summed E-state index contributed by atoms with van der Waals surface area (Å²) in [5.74, 6) is 0. The van der Waals surface area contributed by atoms with Crippen LogP contribution in [-0.2, 0) is 10.0 Å². The van der Waals surface area contributed by atoms with E-state index in [2.05, 4.69) is 4.72 Å². The van der Waals surface area contributed by atoms with E-state index in [1.54, 1.807) is 6.07 Å². The van der Waals surface area contributed by atoms with Gasteiger partial charge in [0.25, 0.3) is 0 Å². The highest BCUT2D eigenvalue weighted by Gasteiger charge is 2.19. The van der Waals surface area contributed by atoms with E-state index < -0.39 is 15.3 Å². The van der Waals surface area contributed by atoms with Gasteiger partial charge in [0.2, 0.25) is 10.0 Å². The van der Waals surface area contributed by atoms with Gasteiger partial charge in [-0.2, -0.15) is 5.26 Å². The second-order valence-electron chi connectivity index (χ2n) is 3.16. The summed E-state index contributed by atoms with van der Waals surface area (Å²) in [6.07, 6.45) is 0.663. The fraction of sp³-hybridized carbons (Fsp3) is 0.200. The molecule has 0 radical (unpaired) electrons. The second kappa shape index (κ2) is 4.77. The molecule has 5 nitrogen and oxygen atoms in total. The average molecular weight is 238 g/mol. The van der Waals surface area contributed by atoms with E-state index in [1.807, 2.05) is 0 Å². The summed E-state index contributed by atoms with van der Waals surface area (Å²) in [5.41, 5.74) is 0.781. The van der Waals surface area contributed by atoms with Crippen molar-refractivity contribution in [2.45, 2.75) is 12.2 Å². The van der Waals surface area contributed by atoms with Crippen molar-refractivity contribution in [2.75, 3.05) is 4.72 Å². The van der Waals surface area contributed by atoms with Gasteiger partial charge in [0, 0.05) is 11.3 Å². The predicted molar refractivity (Wildman–Crippen MR) is 59.4 cm³/mol. The molecule has 1 N–H and O–H groups in total. The Morgan fingerprint density at radius 2 is 1.94 bits per heavy atom. The zero-order valence-electron chi connectivity index (χ0n) is 8.54. The lowest BCUT2D eigenvalue weighted by Gasteiger charge is -2.08. The SMILES string of the molecule is CC(C#N)S(=O)(=O)Nc1ccc(C=O)cc1. The van der Waals surface area contributed by atoms with E-state index in [1.165, 1.54) is 31.2 Å². The quantitative estimate of drug-likeness (QED) is 0.797. The Hall–Kier alpha value is -1.87. The molecule has 0 saturated heterocycles. The molecule has 1 aromatic carbocycles. The molecule has 0 spiro atoms. The molecule has 1 rings (SSSR count). The number of nitriles is 1. The minimum absolute atomic E-state index is 0.327. The summed E-state index contributed by atoms with van der Waals surface area (Å²) in [6, 6.07) is 7.54. The first-order valence-corrected chi connectivity index (χ1v) is 6.00. The number of anilines is 1. The van der Waals surface area contributed by atoms with Crippen LogP contribution in [0.25, 0.3) is 0 Å². The number of carbonyl (C=O) groups excluding carboxylic acids is 1. The van der Waals surface area contributed by atoms with Crippen LogP contribution in [0.15, 0.2) is 24.3 Å². The summed E-state index contributed by atoms with van der Waals surface area (Å²) in [4.78, 5) is 10.4. The Bertz CT molecular complexity index is 514. The maximum Gasteiger partial charge on any atom is 0.248 e. The minimum atomic E-state index is -3.68. The number of benzene rings is 1. The number of carbonyl (C=O) groups is 1. The van der Waals surface area contributed by atoms with Gasteiger partial charge in [0.05, 0.1) is 6.07 Å². The molecule has 0 heterocycles. The van der Waals surface area contributed by atoms with Crippen LogP contribution in [0.1, 0.15) is 17.3 Å². The molecule has 0 bridgehead atoms. The standard InChI is InChI=1S/C10H10N2O3S/c1-8(6-11)16(14,15)12-10-4-2-9(7-13)3-5-10/h2-5,7-8,12H,1H3. The van der Waals surface area contributed by atoms with E-state index in [9.17, 15) is 13.2 Å². The summed E-state index contributed by atoms with van der Waals surface area (Å²) in [7, 11) is -3.68. The van der Waals surface area contributed by atoms with E-state index in [4.69, 9.17) is 5.26 Å². The van der Waals surface area contributed by atoms with Crippen molar-refractivity contribution in [3.8, 4) is 6.07 Å². The fourth-order valence-electron chi connectivity index (χ4n) is 0.952. The lowest BCUT2D eigenvalue weighted by Crippen LogP contribution is -2.23. The van der Waals surface area contributed by atoms with Gasteiger partial charge in [0.15, 0.2) is 5.25 Å². The Kier molecular flexibility index (Phi) is 3.64. The number of hydrogen-bond donors (Lipinski definition) is 1. The lowest BCUT2D eigenvalue weighted by molar-refractivity contribution is 0.112. The molecule has 0 aliphatic rings. The fourth-order valence-corrected chi connectivity index (χ4v) is 1.73. The molecule has 0 amide bonds. The van der Waals surface area contributed by atoms with Gasteiger partial charge >= 0.3 is 0 Å². The molecule has 6 heteroatoms. The van der Waals surface area contributed by atoms with Crippen molar-refractivity contribution >= 4 is 22.0 Å². The van der Waals surface area contributed by atoms with Crippen LogP contribution < -0.4 is 4.72 Å². The summed E-state index contributed by atoms with van der Waals surface area (Å²) < 4.78 is 25.2. The van der Waals surface area contributed by atoms with E-state index in [-0.39, 0.29) is 0 Å². The van der Waals surface area contributed by atoms with Gasteiger partial charge in [-0.25, -0.2) is 8.42 Å². The maximum atomic E-state index is 11.5. The molecule has 16 heavy (non-hydrogen) atoms. The first-order valence-electron chi connectivity index (χ1n) is 4.46. The zero-order valence-corrected chi connectivity index (χ0v) is 9.36. The number of rotatable bonds is 4. The van der Waals surface area contributed by atoms with Gasteiger partial charge in [-0.15, -0.1) is 0 Å². The number of sulfonamides is 1. The van der Waals surface area contributed by atoms with Gasteiger partial charge in [0.1, 0.15) is 6.29 Å². The molecular formula is C10H10N2O3S. The molecule has 0 aliphatic heterocycles. The molecule has 0 saturated carbocycles. The molecule has 0 fully saturated rings. The Labute approximate surface area is 93.8 Å². The summed E-state index contributed by atoms with van der Waals surface area (Å²) in [6.45, 7) is 1.29. The first-order chi connectivity index (χ1) is 7.49. The smallest absolute Gasteiger partial charge is 0.248 e. The number of nitrogens with one attached hydrogen (secondary N) is 1. The Balaban J connectivity index is 2.89. The molecule has 0 aromatic heterocycles. The third-order valence-electron chi connectivity index (χ3n) is 1.95. The molecule has 1 atom stereocenters. The van der Waals surface area contributed by atoms with Gasteiger partial charge < -0.3 is 0 Å². The van der Waals surface area contributed by atoms with E-state index in [0.29, 0.717) is 17.5 Å². The van der Waals surface area contributed by atoms with E-state index >= 15 is 0 Å². The average Bonchev–Trinajstić information content (AvgIpc) is 2.28. The molecule has 1 unspecified atom stereocenters.